The van der Waals surface area contributed by atoms with Gasteiger partial charge in [-0.2, -0.15) is 0 Å². The van der Waals surface area contributed by atoms with Gasteiger partial charge in [0.2, 0.25) is 35.5 Å². The number of pyridine rings is 1. The monoisotopic (exact) mass is 1650 g/mol. The molecule has 7 N–H and O–H groups in total. The number of aromatic nitrogens is 4. The van der Waals surface area contributed by atoms with E-state index in [0.717, 1.165) is 112 Å². The van der Waals surface area contributed by atoms with Crippen molar-refractivity contribution >= 4 is 104 Å². The van der Waals surface area contributed by atoms with Crippen molar-refractivity contribution in [3.8, 4) is 28.7 Å². The number of aliphatic hydroxyl groups excluding tert-OH is 1. The molecule has 30 heteroatoms. The molecule has 0 spiro atoms. The molecule has 9 aromatic rings. The number of aryl methyl sites for hydroxylation is 1. The highest BCUT2D eigenvalue weighted by atomic mass is 32.2. The van der Waals surface area contributed by atoms with Crippen molar-refractivity contribution < 1.29 is 62.4 Å². The first-order chi connectivity index (χ1) is 57.8. The van der Waals surface area contributed by atoms with E-state index in [1.165, 1.54) is 40.4 Å². The smallest absolute Gasteiger partial charge is 0.332 e. The summed E-state index contributed by atoms with van der Waals surface area (Å²) in [5.74, 6) is 3.58. The summed E-state index contributed by atoms with van der Waals surface area (Å²) in [6.07, 6.45) is 8.87. The normalized spacial score (nSPS) is 16.7. The third kappa shape index (κ3) is 20.4. The van der Waals surface area contributed by atoms with Crippen molar-refractivity contribution in [2.45, 2.75) is 104 Å². The Balaban J connectivity index is 0.518. The van der Waals surface area contributed by atoms with Crippen molar-refractivity contribution in [3.63, 3.8) is 0 Å². The van der Waals surface area contributed by atoms with E-state index in [9.17, 15) is 48.3 Å². The number of aromatic amines is 1. The Morgan fingerprint density at radius 2 is 1.35 bits per heavy atom. The number of nitrogens with one attached hydrogen (secondary N) is 6. The molecular weight excluding hydrogens is 1550 g/mol. The van der Waals surface area contributed by atoms with Gasteiger partial charge in [-0.05, 0) is 123 Å². The third-order valence-corrected chi connectivity index (χ3v) is 24.3. The second-order valence-electron chi connectivity index (χ2n) is 30.1. The van der Waals surface area contributed by atoms with Crippen LogP contribution in [0.1, 0.15) is 80.7 Å². The minimum absolute atomic E-state index is 0.00279. The minimum Gasteiger partial charge on any atom is -0.495 e. The third-order valence-electron chi connectivity index (χ3n) is 22.0. The lowest BCUT2D eigenvalue weighted by molar-refractivity contribution is -0.138. The number of H-pyrrole nitrogens is 1. The first-order valence-electron chi connectivity index (χ1n) is 40.1. The summed E-state index contributed by atoms with van der Waals surface area (Å²) in [7, 11) is 3.23. The van der Waals surface area contributed by atoms with Crippen LogP contribution in [0.4, 0.5) is 16.4 Å². The zero-order valence-corrected chi connectivity index (χ0v) is 68.2. The number of imide groups is 2. The number of carbonyl (C=O) groups is 8. The SMILES string of the molecule is COc1ccc(C#CCNC2(C)CCN(C3CCN(c4nc([C@@](CO)(OC5CC5)c5ccccc5)c5cc(-c6cn(C)c(=O)c7[nH]ccc67)ccc5n4)CC3)CC2)cc1N1CCC(=O)N(CNC(=O)[C@H](Cc2ccccc2)NC(=O)CNC(=O)CNC(=O)CCOCCOCCN2C(=O)C(Sc3ccccc3)=C(Sc3ccccc3)C2=O)C1=O. The van der Waals surface area contributed by atoms with Gasteiger partial charge in [-0.3, -0.25) is 48.2 Å². The van der Waals surface area contributed by atoms with Gasteiger partial charge in [-0.15, -0.1) is 0 Å². The summed E-state index contributed by atoms with van der Waals surface area (Å²) >= 11 is 2.49. The molecule has 3 saturated heterocycles. The second kappa shape index (κ2) is 38.9. The number of benzene rings is 6. The summed E-state index contributed by atoms with van der Waals surface area (Å²) in [4.78, 5) is 146. The van der Waals surface area contributed by atoms with Crippen molar-refractivity contribution in [1.82, 2.24) is 60.8 Å². The number of likely N-dealkylation sites (tertiary alicyclic amines) is 1. The summed E-state index contributed by atoms with van der Waals surface area (Å²) in [6, 6.07) is 49.2. The fourth-order valence-corrected chi connectivity index (χ4v) is 17.2. The van der Waals surface area contributed by atoms with Crippen LogP contribution >= 0.6 is 23.5 Å². The summed E-state index contributed by atoms with van der Waals surface area (Å²) in [5, 5.41) is 27.2. The molecule has 14 rings (SSSR count). The van der Waals surface area contributed by atoms with Crippen LogP contribution < -0.4 is 46.7 Å². The number of urea groups is 1. The summed E-state index contributed by atoms with van der Waals surface area (Å²) < 4.78 is 25.5. The zero-order valence-electron chi connectivity index (χ0n) is 66.6. The van der Waals surface area contributed by atoms with Gasteiger partial charge in [0.25, 0.3) is 17.4 Å². The van der Waals surface area contributed by atoms with Gasteiger partial charge in [0.05, 0.1) is 99.1 Å². The molecule has 9 amide bonds. The number of thioether (sulfide) groups is 2. The molecule has 5 aliphatic rings. The molecule has 618 valence electrons. The number of amides is 9. The molecule has 1 saturated carbocycles. The fourth-order valence-electron chi connectivity index (χ4n) is 15.2. The number of rotatable bonds is 35. The lowest BCUT2D eigenvalue weighted by Crippen LogP contribution is -2.58. The van der Waals surface area contributed by atoms with E-state index in [1.807, 2.05) is 115 Å². The largest absolute Gasteiger partial charge is 0.495 e. The van der Waals surface area contributed by atoms with E-state index in [2.05, 4.69) is 66.2 Å². The average Bonchev–Trinajstić information content (AvgIpc) is 1.72. The molecule has 4 aliphatic heterocycles. The zero-order chi connectivity index (χ0) is 83.0. The fraction of sp³-hybridized carbons (Fsp3) is 0.360. The lowest BCUT2D eigenvalue weighted by Gasteiger charge is -2.45. The summed E-state index contributed by atoms with van der Waals surface area (Å²) in [5.41, 5.74) is 4.52. The highest BCUT2D eigenvalue weighted by molar-refractivity contribution is 8.08. The van der Waals surface area contributed by atoms with Crippen molar-refractivity contribution in [2.75, 3.05) is 116 Å². The van der Waals surface area contributed by atoms with Gasteiger partial charge < -0.3 is 70.0 Å². The first-order valence-corrected chi connectivity index (χ1v) is 41.7. The lowest BCUT2D eigenvalue weighted by atomic mass is 9.87. The van der Waals surface area contributed by atoms with E-state index in [4.69, 9.17) is 28.9 Å². The van der Waals surface area contributed by atoms with Gasteiger partial charge in [0.1, 0.15) is 24.0 Å². The van der Waals surface area contributed by atoms with Crippen LogP contribution in [-0.4, -0.2) is 216 Å². The van der Waals surface area contributed by atoms with Crippen LogP contribution in [0.5, 0.6) is 5.75 Å². The molecule has 2 atom stereocenters. The molecular formula is C89H96N14O14S2. The number of fused-ring (bicyclic) bond motifs is 2. The number of anilines is 2. The Kier molecular flexibility index (Phi) is 27.4. The maximum absolute atomic E-state index is 14.3. The van der Waals surface area contributed by atoms with Gasteiger partial charge >= 0.3 is 6.03 Å². The molecule has 119 heavy (non-hydrogen) atoms. The van der Waals surface area contributed by atoms with Gasteiger partial charge in [0.15, 0.2) is 5.60 Å². The van der Waals surface area contributed by atoms with Crippen molar-refractivity contribution in [1.29, 1.82) is 0 Å². The number of ether oxygens (including phenoxy) is 4. The Hall–Kier alpha value is -11.5. The Bertz CT molecular complexity index is 5290. The van der Waals surface area contributed by atoms with E-state index >= 15 is 0 Å². The molecule has 6 aromatic carbocycles. The van der Waals surface area contributed by atoms with E-state index < -0.39 is 78.8 Å². The molecule has 28 nitrogen and oxygen atoms in total. The van der Waals surface area contributed by atoms with Crippen LogP contribution in [0.15, 0.2) is 201 Å². The number of aliphatic hydroxyl groups is 1. The standard InChI is InChI=1S/C89H96N14O14S2/c1-88(37-44-99(45-38-88)63-33-41-100(42-34-63)86-96-70-30-27-61(69-56-98(2)83(110)78-67(69)32-40-90-78)53-68(70)81(97-86)89(57-104,117-64-28-29-64)62-20-10-5-11-21-62)94-39-16-19-60-26-31-73(114-3)72(52-60)101-43-35-77(108)103(87(101)113)58-93-82(109)71(51-59-17-8-4-9-18-59)95-76(107)55-92-75(106)54-91-74(105)36-47-115-49-50-116-48-46-102-84(111)79(118-65-22-12-6-13-23-65)80(85(102)112)119-66-24-14-7-15-25-66/h4-15,17-18,20-27,30-32,40,52-53,56,63-64,71,90,94,104H,28-29,33-39,41-51,54-55,57-58H2,1-3H3,(H,91,105)(H,92,106)(H,93,109)(H,95,107)/t71-,89-/m0/s1. The first kappa shape index (κ1) is 83.9. The number of hydrogen-bond acceptors (Lipinski definition) is 21. The number of nitrogens with zero attached hydrogens (tertiary/aromatic N) is 8. The molecule has 1 aliphatic carbocycles. The maximum atomic E-state index is 14.3. The average molecular weight is 1650 g/mol. The molecule has 0 unspecified atom stereocenters. The second-order valence-corrected chi connectivity index (χ2v) is 32.3. The molecule has 3 aromatic heterocycles. The molecule has 0 radical (unpaired) electrons. The number of hydrogen-bond donors (Lipinski definition) is 7. The topological polar surface area (TPSA) is 334 Å². The Morgan fingerprint density at radius 1 is 0.697 bits per heavy atom. The van der Waals surface area contributed by atoms with Crippen LogP contribution in [0.2, 0.25) is 0 Å². The quantitative estimate of drug-likeness (QED) is 0.0112. The van der Waals surface area contributed by atoms with Crippen LogP contribution in [-0.2, 0) is 66.8 Å². The maximum Gasteiger partial charge on any atom is 0.332 e. The van der Waals surface area contributed by atoms with Gasteiger partial charge in [0, 0.05) is 115 Å². The van der Waals surface area contributed by atoms with Crippen LogP contribution in [0.3, 0.4) is 0 Å². The van der Waals surface area contributed by atoms with E-state index in [1.54, 1.807) is 66.3 Å². The summed E-state index contributed by atoms with van der Waals surface area (Å²) in [6.45, 7) is 4.42. The van der Waals surface area contributed by atoms with Gasteiger partial charge in [-0.25, -0.2) is 19.7 Å². The van der Waals surface area contributed by atoms with E-state index in [-0.39, 0.29) is 82.6 Å². The number of methoxy groups -OCH3 is 1. The molecule has 7 heterocycles. The van der Waals surface area contributed by atoms with Crippen molar-refractivity contribution in [2.24, 2.45) is 7.05 Å². The van der Waals surface area contributed by atoms with Crippen LogP contribution in [0.25, 0.3) is 32.9 Å². The number of piperidine rings is 2. The minimum atomic E-state index is -1.28. The van der Waals surface area contributed by atoms with E-state index in [0.29, 0.717) is 62.1 Å². The van der Waals surface area contributed by atoms with Crippen molar-refractivity contribution in [3.05, 3.63) is 219 Å². The highest BCUT2D eigenvalue weighted by Gasteiger charge is 2.45. The number of carbonyl (C=O) groups excluding carboxylic acids is 8. The van der Waals surface area contributed by atoms with Gasteiger partial charge in [-0.1, -0.05) is 138 Å². The predicted octanol–water partition coefficient (Wildman–Crippen LogP) is 8.15. The Labute approximate surface area is 697 Å². The van der Waals surface area contributed by atoms with Crippen LogP contribution in [0, 0.1) is 11.8 Å². The predicted molar refractivity (Wildman–Crippen MR) is 453 cm³/mol. The molecule has 4 fully saturated rings. The highest BCUT2D eigenvalue weighted by Crippen LogP contribution is 2.45. The molecule has 0 bridgehead atoms. The Morgan fingerprint density at radius 3 is 2.03 bits per heavy atom.